The fourth-order valence-corrected chi connectivity index (χ4v) is 2.12. The SMILES string of the molecule is CN1CCN(C2=CC(=O)CCC2)CC1.O=C(O)C(=O)O. The first-order valence-corrected chi connectivity index (χ1v) is 6.53. The second-order valence-corrected chi connectivity index (χ2v) is 4.86. The summed E-state index contributed by atoms with van der Waals surface area (Å²) in [7, 11) is 2.15. The van der Waals surface area contributed by atoms with E-state index in [1.807, 2.05) is 6.08 Å². The first kappa shape index (κ1) is 16.2. The molecule has 0 bridgehead atoms. The monoisotopic (exact) mass is 284 g/mol. The Morgan fingerprint density at radius 2 is 1.60 bits per heavy atom. The highest BCUT2D eigenvalue weighted by atomic mass is 16.4. The van der Waals surface area contributed by atoms with Gasteiger partial charge in [-0.3, -0.25) is 4.79 Å². The number of ketones is 1. The highest BCUT2D eigenvalue weighted by Crippen LogP contribution is 2.19. The van der Waals surface area contributed by atoms with Crippen LogP contribution < -0.4 is 0 Å². The van der Waals surface area contributed by atoms with Gasteiger partial charge < -0.3 is 20.0 Å². The van der Waals surface area contributed by atoms with Gasteiger partial charge in [-0.2, -0.15) is 0 Å². The molecule has 0 aromatic heterocycles. The quantitative estimate of drug-likeness (QED) is 0.655. The minimum Gasteiger partial charge on any atom is -0.473 e. The van der Waals surface area contributed by atoms with Gasteiger partial charge in [0.05, 0.1) is 0 Å². The Kier molecular flexibility index (Phi) is 6.17. The zero-order chi connectivity index (χ0) is 15.1. The summed E-state index contributed by atoms with van der Waals surface area (Å²) in [5.41, 5.74) is 1.27. The molecule has 1 aliphatic carbocycles. The summed E-state index contributed by atoms with van der Waals surface area (Å²) in [6.07, 6.45) is 4.73. The molecule has 1 heterocycles. The van der Waals surface area contributed by atoms with Crippen molar-refractivity contribution in [3.63, 3.8) is 0 Å². The van der Waals surface area contributed by atoms with Gasteiger partial charge in [0.1, 0.15) is 0 Å². The van der Waals surface area contributed by atoms with Gasteiger partial charge in [0.2, 0.25) is 0 Å². The van der Waals surface area contributed by atoms with E-state index >= 15 is 0 Å². The lowest BCUT2D eigenvalue weighted by atomic mass is 10.0. The van der Waals surface area contributed by atoms with E-state index in [0.29, 0.717) is 5.78 Å². The molecule has 1 saturated heterocycles. The molecule has 0 amide bonds. The maximum Gasteiger partial charge on any atom is 0.414 e. The number of aliphatic carboxylic acids is 2. The number of piperazine rings is 1. The third-order valence-electron chi connectivity index (χ3n) is 3.28. The molecule has 2 aliphatic rings. The molecule has 1 fully saturated rings. The number of carbonyl (C=O) groups is 3. The fourth-order valence-electron chi connectivity index (χ4n) is 2.12. The normalized spacial score (nSPS) is 19.8. The second-order valence-electron chi connectivity index (χ2n) is 4.86. The lowest BCUT2D eigenvalue weighted by Crippen LogP contribution is -2.44. The largest absolute Gasteiger partial charge is 0.473 e. The Bertz CT molecular complexity index is 399. The summed E-state index contributed by atoms with van der Waals surface area (Å²) in [6.45, 7) is 4.39. The average molecular weight is 284 g/mol. The highest BCUT2D eigenvalue weighted by Gasteiger charge is 2.19. The summed E-state index contributed by atoms with van der Waals surface area (Å²) in [5.74, 6) is -3.34. The first-order chi connectivity index (χ1) is 9.40. The molecular formula is C13H20N2O5. The molecule has 0 aromatic rings. The van der Waals surface area contributed by atoms with Crippen molar-refractivity contribution >= 4 is 17.7 Å². The van der Waals surface area contributed by atoms with E-state index in [1.54, 1.807) is 0 Å². The Labute approximate surface area is 117 Å². The third-order valence-corrected chi connectivity index (χ3v) is 3.28. The zero-order valence-electron chi connectivity index (χ0n) is 11.5. The van der Waals surface area contributed by atoms with Crippen molar-refractivity contribution < 1.29 is 24.6 Å². The molecule has 7 nitrogen and oxygen atoms in total. The number of hydrogen-bond donors (Lipinski definition) is 2. The molecule has 0 saturated carbocycles. The van der Waals surface area contributed by atoms with Crippen molar-refractivity contribution in [3.05, 3.63) is 11.8 Å². The molecule has 112 valence electrons. The van der Waals surface area contributed by atoms with Crippen molar-refractivity contribution in [2.75, 3.05) is 33.2 Å². The predicted octanol–water partition coefficient (Wildman–Crippen LogP) is 0.0263. The van der Waals surface area contributed by atoms with E-state index in [1.165, 1.54) is 5.70 Å². The minimum absolute atomic E-state index is 0.310. The molecule has 20 heavy (non-hydrogen) atoms. The van der Waals surface area contributed by atoms with Crippen molar-refractivity contribution in [1.82, 2.24) is 9.80 Å². The first-order valence-electron chi connectivity index (χ1n) is 6.53. The van der Waals surface area contributed by atoms with Gasteiger partial charge in [0.25, 0.3) is 0 Å². The van der Waals surface area contributed by atoms with Crippen LogP contribution in [0.2, 0.25) is 0 Å². The maximum absolute atomic E-state index is 11.3. The maximum atomic E-state index is 11.3. The summed E-state index contributed by atoms with van der Waals surface area (Å²) in [6, 6.07) is 0. The van der Waals surface area contributed by atoms with E-state index in [0.717, 1.165) is 45.4 Å². The van der Waals surface area contributed by atoms with Crippen LogP contribution in [0.25, 0.3) is 0 Å². The van der Waals surface area contributed by atoms with Crippen LogP contribution in [0.4, 0.5) is 0 Å². The molecule has 0 atom stereocenters. The zero-order valence-corrected chi connectivity index (χ0v) is 11.5. The van der Waals surface area contributed by atoms with Crippen LogP contribution >= 0.6 is 0 Å². The summed E-state index contributed by atoms with van der Waals surface area (Å²) in [5, 5.41) is 14.8. The van der Waals surface area contributed by atoms with Gasteiger partial charge in [-0.15, -0.1) is 0 Å². The van der Waals surface area contributed by atoms with Gasteiger partial charge >= 0.3 is 11.9 Å². The number of carboxylic acid groups (broad SMARTS) is 2. The Morgan fingerprint density at radius 1 is 1.05 bits per heavy atom. The highest BCUT2D eigenvalue weighted by molar-refractivity contribution is 6.27. The molecule has 1 aliphatic heterocycles. The lowest BCUT2D eigenvalue weighted by Gasteiger charge is -2.36. The average Bonchev–Trinajstić information content (AvgIpc) is 2.40. The van der Waals surface area contributed by atoms with E-state index in [-0.39, 0.29) is 0 Å². The predicted molar refractivity (Wildman–Crippen MR) is 71.3 cm³/mol. The van der Waals surface area contributed by atoms with Gasteiger partial charge in [-0.25, -0.2) is 9.59 Å². The molecule has 0 aromatic carbocycles. The lowest BCUT2D eigenvalue weighted by molar-refractivity contribution is -0.159. The molecule has 0 spiro atoms. The van der Waals surface area contributed by atoms with Gasteiger partial charge in [-0.05, 0) is 19.9 Å². The Balaban J connectivity index is 0.000000286. The molecule has 7 heteroatoms. The van der Waals surface area contributed by atoms with Crippen LogP contribution in [0.1, 0.15) is 19.3 Å². The topological polar surface area (TPSA) is 98.2 Å². The minimum atomic E-state index is -1.82. The summed E-state index contributed by atoms with van der Waals surface area (Å²) < 4.78 is 0. The van der Waals surface area contributed by atoms with E-state index in [4.69, 9.17) is 19.8 Å². The number of nitrogens with zero attached hydrogens (tertiary/aromatic N) is 2. The fraction of sp³-hybridized carbons (Fsp3) is 0.615. The second kappa shape index (κ2) is 7.64. The van der Waals surface area contributed by atoms with E-state index in [9.17, 15) is 4.79 Å². The number of rotatable bonds is 1. The number of carbonyl (C=O) groups excluding carboxylic acids is 1. The molecule has 0 unspecified atom stereocenters. The standard InChI is InChI=1S/C11H18N2O.C2H2O4/c1-12-5-7-13(8-6-12)10-3-2-4-11(14)9-10;3-1(4)2(5)6/h9H,2-8H2,1H3;(H,3,4)(H,5,6). The molecule has 2 N–H and O–H groups in total. The Morgan fingerprint density at radius 3 is 2.05 bits per heavy atom. The van der Waals surface area contributed by atoms with Crippen molar-refractivity contribution in [3.8, 4) is 0 Å². The molecule has 0 radical (unpaired) electrons. The number of likely N-dealkylation sites (N-methyl/N-ethyl adjacent to an activating group) is 1. The van der Waals surface area contributed by atoms with Crippen molar-refractivity contribution in [1.29, 1.82) is 0 Å². The molecule has 2 rings (SSSR count). The third kappa shape index (κ3) is 5.40. The molecular weight excluding hydrogens is 264 g/mol. The van der Waals surface area contributed by atoms with E-state index in [2.05, 4.69) is 16.8 Å². The van der Waals surface area contributed by atoms with Crippen LogP contribution in [0.15, 0.2) is 11.8 Å². The number of hydrogen-bond acceptors (Lipinski definition) is 5. The van der Waals surface area contributed by atoms with Gasteiger partial charge in [0, 0.05) is 44.4 Å². The van der Waals surface area contributed by atoms with Gasteiger partial charge in [-0.1, -0.05) is 0 Å². The smallest absolute Gasteiger partial charge is 0.414 e. The van der Waals surface area contributed by atoms with E-state index < -0.39 is 11.9 Å². The van der Waals surface area contributed by atoms with Crippen molar-refractivity contribution in [2.45, 2.75) is 19.3 Å². The van der Waals surface area contributed by atoms with Crippen LogP contribution in [0.5, 0.6) is 0 Å². The van der Waals surface area contributed by atoms with Crippen LogP contribution in [0, 0.1) is 0 Å². The van der Waals surface area contributed by atoms with Crippen LogP contribution in [-0.4, -0.2) is 71.0 Å². The number of allylic oxidation sites excluding steroid dienone is 2. The van der Waals surface area contributed by atoms with Gasteiger partial charge in [0.15, 0.2) is 5.78 Å². The van der Waals surface area contributed by atoms with Crippen molar-refractivity contribution in [2.24, 2.45) is 0 Å². The van der Waals surface area contributed by atoms with Crippen LogP contribution in [-0.2, 0) is 14.4 Å². The van der Waals surface area contributed by atoms with Crippen LogP contribution in [0.3, 0.4) is 0 Å². The Hall–Kier alpha value is -1.89. The summed E-state index contributed by atoms with van der Waals surface area (Å²) in [4.78, 5) is 34.2. The number of carboxylic acids is 2. The summed E-state index contributed by atoms with van der Waals surface area (Å²) >= 11 is 0.